The van der Waals surface area contributed by atoms with E-state index in [1.54, 1.807) is 0 Å². The first-order valence-electron chi connectivity index (χ1n) is 10.3. The lowest BCUT2D eigenvalue weighted by Gasteiger charge is -2.19. The van der Waals surface area contributed by atoms with E-state index in [9.17, 15) is 9.59 Å². The van der Waals surface area contributed by atoms with Crippen molar-refractivity contribution in [2.24, 2.45) is 5.41 Å². The van der Waals surface area contributed by atoms with Crippen molar-refractivity contribution in [2.75, 3.05) is 10.6 Å². The van der Waals surface area contributed by atoms with E-state index in [0.717, 1.165) is 21.8 Å². The van der Waals surface area contributed by atoms with Crippen LogP contribution < -0.4 is 10.6 Å². The summed E-state index contributed by atoms with van der Waals surface area (Å²) in [5.41, 5.74) is 2.33. The molecule has 160 valence electrons. The second kappa shape index (κ2) is 10.3. The van der Waals surface area contributed by atoms with Crippen LogP contribution in [-0.4, -0.2) is 11.8 Å². The van der Waals surface area contributed by atoms with Crippen LogP contribution in [0.2, 0.25) is 0 Å². The summed E-state index contributed by atoms with van der Waals surface area (Å²) >= 11 is 1.46. The van der Waals surface area contributed by atoms with E-state index in [4.69, 9.17) is 0 Å². The number of anilines is 2. The Morgan fingerprint density at radius 1 is 0.806 bits per heavy atom. The molecule has 5 heteroatoms. The first-order valence-corrected chi connectivity index (χ1v) is 11.2. The molecule has 1 unspecified atom stereocenters. The highest BCUT2D eigenvalue weighted by atomic mass is 32.2. The van der Waals surface area contributed by atoms with Crippen LogP contribution in [0, 0.1) is 5.41 Å². The highest BCUT2D eigenvalue weighted by Gasteiger charge is 2.22. The normalized spacial score (nSPS) is 12.1. The fourth-order valence-electron chi connectivity index (χ4n) is 3.10. The summed E-state index contributed by atoms with van der Waals surface area (Å²) in [4.78, 5) is 26.4. The zero-order chi connectivity index (χ0) is 22.3. The molecule has 4 nitrogen and oxygen atoms in total. The van der Waals surface area contributed by atoms with Gasteiger partial charge >= 0.3 is 0 Å². The molecular weight excluding hydrogens is 404 g/mol. The van der Waals surface area contributed by atoms with Gasteiger partial charge in [0.15, 0.2) is 0 Å². The number of amides is 2. The monoisotopic (exact) mass is 432 g/mol. The molecule has 0 aromatic heterocycles. The average molecular weight is 433 g/mol. The van der Waals surface area contributed by atoms with Gasteiger partial charge in [-0.1, -0.05) is 75.4 Å². The molecule has 0 fully saturated rings. The fraction of sp³-hybridized carbons (Fsp3) is 0.231. The van der Waals surface area contributed by atoms with Gasteiger partial charge in [-0.05, 0) is 41.3 Å². The van der Waals surface area contributed by atoms with Gasteiger partial charge in [0.1, 0.15) is 5.25 Å². The summed E-state index contributed by atoms with van der Waals surface area (Å²) in [7, 11) is 0. The third-order valence-corrected chi connectivity index (χ3v) is 5.69. The molecule has 0 spiro atoms. The van der Waals surface area contributed by atoms with Crippen LogP contribution in [0.3, 0.4) is 0 Å². The SMILES string of the molecule is CC(C)(C)CC(=O)Nc1cccc(SC(C(=O)Nc2ccccc2)c2ccccc2)c1. The van der Waals surface area contributed by atoms with Gasteiger partial charge in [-0.3, -0.25) is 9.59 Å². The minimum Gasteiger partial charge on any atom is -0.326 e. The molecule has 0 saturated heterocycles. The lowest BCUT2D eigenvalue weighted by Crippen LogP contribution is -2.20. The van der Waals surface area contributed by atoms with E-state index < -0.39 is 5.25 Å². The van der Waals surface area contributed by atoms with Crippen LogP contribution in [0.4, 0.5) is 11.4 Å². The van der Waals surface area contributed by atoms with Crippen LogP contribution in [0.25, 0.3) is 0 Å². The molecule has 0 radical (unpaired) electrons. The number of para-hydroxylation sites is 1. The molecule has 0 bridgehead atoms. The van der Waals surface area contributed by atoms with Crippen LogP contribution in [0.5, 0.6) is 0 Å². The molecule has 3 aromatic rings. The molecule has 0 heterocycles. The number of hydrogen-bond acceptors (Lipinski definition) is 3. The summed E-state index contributed by atoms with van der Waals surface area (Å²) in [5, 5.41) is 5.54. The number of rotatable bonds is 7. The molecule has 1 atom stereocenters. The van der Waals surface area contributed by atoms with Gasteiger partial charge in [0.25, 0.3) is 0 Å². The Labute approximate surface area is 188 Å². The van der Waals surface area contributed by atoms with Crippen LogP contribution in [-0.2, 0) is 9.59 Å². The number of thioether (sulfide) groups is 1. The molecule has 2 N–H and O–H groups in total. The van der Waals surface area contributed by atoms with Crippen molar-refractivity contribution >= 4 is 35.0 Å². The minimum atomic E-state index is -0.429. The Kier molecular flexibility index (Phi) is 7.53. The van der Waals surface area contributed by atoms with Crippen molar-refractivity contribution in [3.63, 3.8) is 0 Å². The first kappa shape index (κ1) is 22.6. The predicted octanol–water partition coefficient (Wildman–Crippen LogP) is 6.53. The van der Waals surface area contributed by atoms with E-state index in [2.05, 4.69) is 10.6 Å². The number of carbonyl (C=O) groups excluding carboxylic acids is 2. The standard InChI is InChI=1S/C26H28N2O2S/c1-26(2,3)18-23(29)27-21-15-10-16-22(17-21)31-24(19-11-6-4-7-12-19)25(30)28-20-13-8-5-9-14-20/h4-17,24H,18H2,1-3H3,(H,27,29)(H,28,30). The Morgan fingerprint density at radius 3 is 2.06 bits per heavy atom. The van der Waals surface area contributed by atoms with Gasteiger partial charge in [-0.2, -0.15) is 0 Å². The van der Waals surface area contributed by atoms with Gasteiger partial charge in [-0.15, -0.1) is 11.8 Å². The van der Waals surface area contributed by atoms with Crippen molar-refractivity contribution < 1.29 is 9.59 Å². The number of carbonyl (C=O) groups is 2. The largest absolute Gasteiger partial charge is 0.326 e. The van der Waals surface area contributed by atoms with Gasteiger partial charge < -0.3 is 10.6 Å². The lowest BCUT2D eigenvalue weighted by molar-refractivity contribution is -0.118. The van der Waals surface area contributed by atoms with Gasteiger partial charge in [0.2, 0.25) is 11.8 Å². The maximum absolute atomic E-state index is 13.1. The van der Waals surface area contributed by atoms with E-state index in [-0.39, 0.29) is 17.2 Å². The molecule has 31 heavy (non-hydrogen) atoms. The molecular formula is C26H28N2O2S. The molecule has 0 aliphatic heterocycles. The highest BCUT2D eigenvalue weighted by molar-refractivity contribution is 8.00. The van der Waals surface area contributed by atoms with Gasteiger partial charge in [-0.25, -0.2) is 0 Å². The van der Waals surface area contributed by atoms with Crippen molar-refractivity contribution in [1.29, 1.82) is 0 Å². The Bertz CT molecular complexity index is 1010. The third kappa shape index (κ3) is 7.30. The fourth-order valence-corrected chi connectivity index (χ4v) is 4.18. The van der Waals surface area contributed by atoms with Crippen LogP contribution >= 0.6 is 11.8 Å². The number of nitrogens with one attached hydrogen (secondary N) is 2. The second-order valence-corrected chi connectivity index (χ2v) is 9.76. The zero-order valence-electron chi connectivity index (χ0n) is 18.1. The van der Waals surface area contributed by atoms with Crippen molar-refractivity contribution in [2.45, 2.75) is 37.3 Å². The maximum atomic E-state index is 13.1. The highest BCUT2D eigenvalue weighted by Crippen LogP contribution is 2.37. The molecule has 0 saturated carbocycles. The third-order valence-electron chi connectivity index (χ3n) is 4.44. The second-order valence-electron chi connectivity index (χ2n) is 8.58. The summed E-state index contributed by atoms with van der Waals surface area (Å²) in [6.45, 7) is 6.11. The average Bonchev–Trinajstić information content (AvgIpc) is 2.72. The molecule has 3 rings (SSSR count). The van der Waals surface area contributed by atoms with E-state index in [0.29, 0.717) is 6.42 Å². The van der Waals surface area contributed by atoms with E-state index >= 15 is 0 Å². The Morgan fingerprint density at radius 2 is 1.42 bits per heavy atom. The summed E-state index contributed by atoms with van der Waals surface area (Å²) in [6, 6.07) is 26.8. The first-order chi connectivity index (χ1) is 14.8. The van der Waals surface area contributed by atoms with Gasteiger partial charge in [0, 0.05) is 22.7 Å². The van der Waals surface area contributed by atoms with E-state index in [1.165, 1.54) is 11.8 Å². The minimum absolute atomic E-state index is 0.0175. The van der Waals surface area contributed by atoms with Crippen molar-refractivity contribution in [3.05, 3.63) is 90.5 Å². The lowest BCUT2D eigenvalue weighted by atomic mass is 9.92. The summed E-state index contributed by atoms with van der Waals surface area (Å²) in [5.74, 6) is -0.111. The van der Waals surface area contributed by atoms with Crippen LogP contribution in [0.15, 0.2) is 89.8 Å². The maximum Gasteiger partial charge on any atom is 0.242 e. The zero-order valence-corrected chi connectivity index (χ0v) is 18.9. The van der Waals surface area contributed by atoms with Crippen molar-refractivity contribution in [3.8, 4) is 0 Å². The topological polar surface area (TPSA) is 58.2 Å². The number of benzene rings is 3. The quantitative estimate of drug-likeness (QED) is 0.417. The molecule has 3 aromatic carbocycles. The van der Waals surface area contributed by atoms with E-state index in [1.807, 2.05) is 106 Å². The Hall–Kier alpha value is -3.05. The Balaban J connectivity index is 1.78. The molecule has 2 amide bonds. The summed E-state index contributed by atoms with van der Waals surface area (Å²) < 4.78 is 0. The number of hydrogen-bond donors (Lipinski definition) is 2. The van der Waals surface area contributed by atoms with Crippen molar-refractivity contribution in [1.82, 2.24) is 0 Å². The predicted molar refractivity (Wildman–Crippen MR) is 129 cm³/mol. The van der Waals surface area contributed by atoms with Crippen LogP contribution in [0.1, 0.15) is 38.0 Å². The molecule has 0 aliphatic carbocycles. The smallest absolute Gasteiger partial charge is 0.242 e. The van der Waals surface area contributed by atoms with Gasteiger partial charge in [0.05, 0.1) is 0 Å². The summed E-state index contributed by atoms with van der Waals surface area (Å²) in [6.07, 6.45) is 0.441. The molecule has 0 aliphatic rings.